The number of ether oxygens (including phenoxy) is 2. The first-order chi connectivity index (χ1) is 12.2. The minimum atomic E-state index is 0.745. The number of nitrogens with zero attached hydrogens (tertiary/aromatic N) is 2. The molecule has 0 aliphatic heterocycles. The number of benzene rings is 1. The standard InChI is InChI=1S/C19H27N3O3/c1-20-19(21-11-9-16-6-5-13-25-16)22(2)12-10-15-7-8-17(23-3)18(14-15)24-4/h5-8,13-14H,9-12H2,1-4H3,(H,20,21). The molecular formula is C19H27N3O3. The summed E-state index contributed by atoms with van der Waals surface area (Å²) >= 11 is 0. The molecule has 0 saturated heterocycles. The highest BCUT2D eigenvalue weighted by molar-refractivity contribution is 5.79. The van der Waals surface area contributed by atoms with Gasteiger partial charge in [0, 0.05) is 33.6 Å². The van der Waals surface area contributed by atoms with E-state index >= 15 is 0 Å². The second-order valence-corrected chi connectivity index (χ2v) is 5.66. The van der Waals surface area contributed by atoms with E-state index in [1.54, 1.807) is 27.5 Å². The summed E-state index contributed by atoms with van der Waals surface area (Å²) in [5, 5.41) is 3.36. The van der Waals surface area contributed by atoms with Crippen LogP contribution in [-0.2, 0) is 12.8 Å². The van der Waals surface area contributed by atoms with Gasteiger partial charge in [-0.05, 0) is 36.2 Å². The van der Waals surface area contributed by atoms with Crippen molar-refractivity contribution in [1.29, 1.82) is 0 Å². The van der Waals surface area contributed by atoms with E-state index in [0.29, 0.717) is 0 Å². The normalized spacial score (nSPS) is 11.3. The van der Waals surface area contributed by atoms with Gasteiger partial charge in [-0.2, -0.15) is 0 Å². The molecule has 0 amide bonds. The molecule has 6 nitrogen and oxygen atoms in total. The molecular weight excluding hydrogens is 318 g/mol. The molecule has 0 fully saturated rings. The van der Waals surface area contributed by atoms with Gasteiger partial charge in [-0.3, -0.25) is 4.99 Å². The van der Waals surface area contributed by atoms with Crippen LogP contribution in [-0.4, -0.2) is 52.3 Å². The Kier molecular flexibility index (Phi) is 7.19. The lowest BCUT2D eigenvalue weighted by molar-refractivity contribution is 0.354. The van der Waals surface area contributed by atoms with Crippen LogP contribution in [0.2, 0.25) is 0 Å². The van der Waals surface area contributed by atoms with Crippen LogP contribution in [0.15, 0.2) is 46.0 Å². The first kappa shape index (κ1) is 18.7. The zero-order valence-corrected chi connectivity index (χ0v) is 15.4. The molecule has 0 bridgehead atoms. The summed E-state index contributed by atoms with van der Waals surface area (Å²) < 4.78 is 16.0. The fourth-order valence-corrected chi connectivity index (χ4v) is 2.58. The molecule has 0 spiro atoms. The van der Waals surface area contributed by atoms with E-state index in [-0.39, 0.29) is 0 Å². The molecule has 6 heteroatoms. The predicted molar refractivity (Wildman–Crippen MR) is 99.7 cm³/mol. The van der Waals surface area contributed by atoms with Gasteiger partial charge >= 0.3 is 0 Å². The third-order valence-electron chi connectivity index (χ3n) is 3.99. The summed E-state index contributed by atoms with van der Waals surface area (Å²) in [5.74, 6) is 3.33. The van der Waals surface area contributed by atoms with Gasteiger partial charge in [0.1, 0.15) is 5.76 Å². The number of rotatable bonds is 8. The van der Waals surface area contributed by atoms with E-state index < -0.39 is 0 Å². The fraction of sp³-hybridized carbons (Fsp3) is 0.421. The smallest absolute Gasteiger partial charge is 0.193 e. The number of furan rings is 1. The number of likely N-dealkylation sites (N-methyl/N-ethyl adjacent to an activating group) is 1. The Morgan fingerprint density at radius 1 is 1.16 bits per heavy atom. The van der Waals surface area contributed by atoms with E-state index in [1.807, 2.05) is 31.3 Å². The number of guanidine groups is 1. The summed E-state index contributed by atoms with van der Waals surface area (Å²) in [6.07, 6.45) is 3.41. The van der Waals surface area contributed by atoms with Crippen molar-refractivity contribution in [2.24, 2.45) is 4.99 Å². The van der Waals surface area contributed by atoms with E-state index in [9.17, 15) is 0 Å². The van der Waals surface area contributed by atoms with Gasteiger partial charge in [0.15, 0.2) is 17.5 Å². The summed E-state index contributed by atoms with van der Waals surface area (Å²) in [5.41, 5.74) is 1.19. The van der Waals surface area contributed by atoms with Crippen molar-refractivity contribution < 1.29 is 13.9 Å². The number of methoxy groups -OCH3 is 2. The second-order valence-electron chi connectivity index (χ2n) is 5.66. The zero-order chi connectivity index (χ0) is 18.1. The zero-order valence-electron chi connectivity index (χ0n) is 15.4. The summed E-state index contributed by atoms with van der Waals surface area (Å²) in [4.78, 5) is 6.45. The van der Waals surface area contributed by atoms with Gasteiger partial charge in [0.25, 0.3) is 0 Å². The van der Waals surface area contributed by atoms with Crippen LogP contribution in [0.3, 0.4) is 0 Å². The lowest BCUT2D eigenvalue weighted by atomic mass is 10.1. The lowest BCUT2D eigenvalue weighted by Crippen LogP contribution is -2.40. The highest BCUT2D eigenvalue weighted by atomic mass is 16.5. The van der Waals surface area contributed by atoms with Gasteiger partial charge in [-0.25, -0.2) is 0 Å². The predicted octanol–water partition coefficient (Wildman–Crippen LogP) is 2.59. The maximum atomic E-state index is 5.36. The average Bonchev–Trinajstić information content (AvgIpc) is 3.16. The largest absolute Gasteiger partial charge is 0.493 e. The Balaban J connectivity index is 1.84. The van der Waals surface area contributed by atoms with Gasteiger partial charge in [0.2, 0.25) is 0 Å². The minimum absolute atomic E-state index is 0.745. The Morgan fingerprint density at radius 3 is 2.60 bits per heavy atom. The molecule has 0 aliphatic carbocycles. The molecule has 1 heterocycles. The van der Waals surface area contributed by atoms with Crippen LogP contribution in [0.5, 0.6) is 11.5 Å². The van der Waals surface area contributed by atoms with Crippen molar-refractivity contribution in [3.8, 4) is 11.5 Å². The number of nitrogens with one attached hydrogen (secondary N) is 1. The Labute approximate surface area is 149 Å². The average molecular weight is 345 g/mol. The molecule has 136 valence electrons. The SMILES string of the molecule is CN=C(NCCc1ccco1)N(C)CCc1ccc(OC)c(OC)c1. The summed E-state index contributed by atoms with van der Waals surface area (Å²) in [6, 6.07) is 9.89. The fourth-order valence-electron chi connectivity index (χ4n) is 2.58. The highest BCUT2D eigenvalue weighted by Gasteiger charge is 2.08. The quantitative estimate of drug-likeness (QED) is 0.589. The van der Waals surface area contributed by atoms with Crippen LogP contribution >= 0.6 is 0 Å². The number of hydrogen-bond donors (Lipinski definition) is 1. The third kappa shape index (κ3) is 5.45. The van der Waals surface area contributed by atoms with Gasteiger partial charge in [-0.15, -0.1) is 0 Å². The van der Waals surface area contributed by atoms with Gasteiger partial charge in [-0.1, -0.05) is 6.07 Å². The first-order valence-electron chi connectivity index (χ1n) is 8.33. The van der Waals surface area contributed by atoms with Crippen LogP contribution in [0.4, 0.5) is 0 Å². The van der Waals surface area contributed by atoms with E-state index in [4.69, 9.17) is 13.9 Å². The molecule has 2 aromatic rings. The van der Waals surface area contributed by atoms with Gasteiger partial charge in [0.05, 0.1) is 20.5 Å². The van der Waals surface area contributed by atoms with Crippen molar-refractivity contribution in [1.82, 2.24) is 10.2 Å². The minimum Gasteiger partial charge on any atom is -0.493 e. The Morgan fingerprint density at radius 2 is 1.96 bits per heavy atom. The Hall–Kier alpha value is -2.63. The third-order valence-corrected chi connectivity index (χ3v) is 3.99. The second kappa shape index (κ2) is 9.61. The molecule has 25 heavy (non-hydrogen) atoms. The molecule has 1 aromatic heterocycles. The number of hydrogen-bond acceptors (Lipinski definition) is 4. The van der Waals surface area contributed by atoms with Crippen LogP contribution in [0.25, 0.3) is 0 Å². The first-order valence-corrected chi connectivity index (χ1v) is 8.33. The molecule has 0 unspecified atom stereocenters. The van der Waals surface area contributed by atoms with Crippen LogP contribution in [0.1, 0.15) is 11.3 Å². The molecule has 1 N–H and O–H groups in total. The molecule has 0 radical (unpaired) electrons. The van der Waals surface area contributed by atoms with Crippen LogP contribution < -0.4 is 14.8 Å². The topological polar surface area (TPSA) is 59.2 Å². The Bertz CT molecular complexity index is 669. The molecule has 0 aliphatic rings. The molecule has 0 atom stereocenters. The van der Waals surface area contributed by atoms with Crippen molar-refractivity contribution in [3.63, 3.8) is 0 Å². The molecule has 2 rings (SSSR count). The van der Waals surface area contributed by atoms with Gasteiger partial charge < -0.3 is 24.1 Å². The van der Waals surface area contributed by atoms with E-state index in [0.717, 1.165) is 49.1 Å². The number of aliphatic imine (C=N–C) groups is 1. The molecule has 0 saturated carbocycles. The summed E-state index contributed by atoms with van der Waals surface area (Å²) in [6.45, 7) is 1.62. The maximum absolute atomic E-state index is 5.36. The lowest BCUT2D eigenvalue weighted by Gasteiger charge is -2.22. The molecule has 1 aromatic carbocycles. The summed E-state index contributed by atoms with van der Waals surface area (Å²) in [7, 11) is 7.12. The van der Waals surface area contributed by atoms with Crippen molar-refractivity contribution >= 4 is 5.96 Å². The van der Waals surface area contributed by atoms with Crippen molar-refractivity contribution in [2.45, 2.75) is 12.8 Å². The van der Waals surface area contributed by atoms with Crippen molar-refractivity contribution in [3.05, 3.63) is 47.9 Å². The highest BCUT2D eigenvalue weighted by Crippen LogP contribution is 2.27. The van der Waals surface area contributed by atoms with Crippen LogP contribution in [0, 0.1) is 0 Å². The van der Waals surface area contributed by atoms with E-state index in [1.165, 1.54) is 5.56 Å². The van der Waals surface area contributed by atoms with E-state index in [2.05, 4.69) is 21.3 Å². The monoisotopic (exact) mass is 345 g/mol. The van der Waals surface area contributed by atoms with Crippen molar-refractivity contribution in [2.75, 3.05) is 41.4 Å². The maximum Gasteiger partial charge on any atom is 0.193 e.